The minimum atomic E-state index is -1.77. The van der Waals surface area contributed by atoms with E-state index in [1.54, 1.807) is 0 Å². The number of hydrogen-bond donors (Lipinski definition) is 1. The van der Waals surface area contributed by atoms with E-state index in [1.807, 2.05) is 6.20 Å². The SMILES string of the molecule is CC(=O)/C=C(/C)O.Cc1cc(-c2cc(-c3cc[c]([Ge]([CH3])([CH3])[CH3])cc3)ccn2)[c-]c2ccccc12.[Ir]. The molecular weight excluding hydrogens is 671 g/mol. The van der Waals surface area contributed by atoms with Crippen LogP contribution in [0.3, 0.4) is 0 Å². The quantitative estimate of drug-likeness (QED) is 0.106. The summed E-state index contributed by atoms with van der Waals surface area (Å²) >= 11 is -1.77. The molecule has 0 atom stereocenters. The Balaban J connectivity index is 0.000000476. The van der Waals surface area contributed by atoms with Crippen LogP contribution >= 0.6 is 0 Å². The maximum absolute atomic E-state index is 10.0. The topological polar surface area (TPSA) is 50.2 Å². The largest absolute Gasteiger partial charge is 0 e. The third kappa shape index (κ3) is 8.00. The maximum Gasteiger partial charge on any atom is 0 e. The van der Waals surface area contributed by atoms with Crippen molar-refractivity contribution in [1.82, 2.24) is 4.98 Å². The molecule has 0 saturated carbocycles. The molecule has 0 unspecified atom stereocenters. The van der Waals surface area contributed by atoms with Crippen LogP contribution in [0.15, 0.2) is 84.8 Å². The minimum absolute atomic E-state index is 0. The molecule has 0 spiro atoms. The zero-order valence-electron chi connectivity index (χ0n) is 21.1. The van der Waals surface area contributed by atoms with E-state index in [1.165, 1.54) is 46.4 Å². The number of nitrogens with zero attached hydrogens (tertiary/aromatic N) is 1. The van der Waals surface area contributed by atoms with Crippen LogP contribution < -0.4 is 4.40 Å². The molecule has 1 radical (unpaired) electrons. The predicted octanol–water partition coefficient (Wildman–Crippen LogP) is 7.26. The number of hydrogen-bond acceptors (Lipinski definition) is 3. The number of aliphatic hydroxyl groups is 1. The fraction of sp³-hybridized carbons (Fsp3) is 0.200. The number of aliphatic hydroxyl groups excluding tert-OH is 1. The predicted molar refractivity (Wildman–Crippen MR) is 146 cm³/mol. The number of carbonyl (C=O) groups is 1. The molecule has 35 heavy (non-hydrogen) atoms. The van der Waals surface area contributed by atoms with Gasteiger partial charge in [0, 0.05) is 26.2 Å². The first-order valence-corrected chi connectivity index (χ1v) is 18.8. The summed E-state index contributed by atoms with van der Waals surface area (Å²) in [6.07, 6.45) is 3.07. The number of allylic oxidation sites excluding steroid dienone is 2. The van der Waals surface area contributed by atoms with Gasteiger partial charge in [-0.15, -0.1) is 0 Å². The first-order valence-electron chi connectivity index (χ1n) is 11.4. The van der Waals surface area contributed by atoms with Crippen LogP contribution in [0.4, 0.5) is 0 Å². The molecule has 0 aliphatic carbocycles. The molecule has 3 nitrogen and oxygen atoms in total. The van der Waals surface area contributed by atoms with Crippen molar-refractivity contribution in [2.45, 2.75) is 38.0 Å². The number of aryl methyl sites for hydroxylation is 1. The number of benzene rings is 3. The summed E-state index contributed by atoms with van der Waals surface area (Å²) in [7, 11) is 0. The molecule has 0 aliphatic rings. The molecule has 4 aromatic rings. The summed E-state index contributed by atoms with van der Waals surface area (Å²) < 4.78 is 1.53. The molecule has 1 heterocycles. The van der Waals surface area contributed by atoms with E-state index in [0.717, 1.165) is 16.6 Å². The van der Waals surface area contributed by atoms with Crippen molar-refractivity contribution in [2.24, 2.45) is 0 Å². The summed E-state index contributed by atoms with van der Waals surface area (Å²) in [5, 5.41) is 10.8. The Morgan fingerprint density at radius 2 is 1.60 bits per heavy atom. The van der Waals surface area contributed by atoms with Gasteiger partial charge in [0.1, 0.15) is 0 Å². The van der Waals surface area contributed by atoms with Crippen LogP contribution in [0.2, 0.25) is 17.3 Å². The average molecular weight is 703 g/mol. The summed E-state index contributed by atoms with van der Waals surface area (Å²) in [5.41, 5.74) is 5.72. The molecule has 1 N–H and O–H groups in total. The third-order valence-electron chi connectivity index (χ3n) is 5.51. The van der Waals surface area contributed by atoms with Crippen LogP contribution in [-0.4, -0.2) is 29.1 Å². The Morgan fingerprint density at radius 1 is 0.943 bits per heavy atom. The van der Waals surface area contributed by atoms with Gasteiger partial charge in [-0.25, -0.2) is 0 Å². The van der Waals surface area contributed by atoms with Gasteiger partial charge in [-0.2, -0.15) is 0 Å². The Bertz CT molecular complexity index is 1330. The van der Waals surface area contributed by atoms with E-state index in [0.29, 0.717) is 0 Å². The molecule has 0 amide bonds. The van der Waals surface area contributed by atoms with Crippen LogP contribution in [0, 0.1) is 13.0 Å². The van der Waals surface area contributed by atoms with Gasteiger partial charge in [0.2, 0.25) is 0 Å². The van der Waals surface area contributed by atoms with Gasteiger partial charge in [0.15, 0.2) is 5.78 Å². The monoisotopic (exact) mass is 705 g/mol. The zero-order chi connectivity index (χ0) is 24.9. The summed E-state index contributed by atoms with van der Waals surface area (Å²) in [6, 6.07) is 27.5. The van der Waals surface area contributed by atoms with Crippen molar-refractivity contribution in [3.8, 4) is 22.4 Å². The van der Waals surface area contributed by atoms with Gasteiger partial charge < -0.3 is 5.11 Å². The van der Waals surface area contributed by atoms with E-state index in [2.05, 4.69) is 102 Å². The van der Waals surface area contributed by atoms with Crippen molar-refractivity contribution in [3.05, 3.63) is 96.4 Å². The molecule has 0 fully saturated rings. The van der Waals surface area contributed by atoms with E-state index in [4.69, 9.17) is 5.11 Å². The van der Waals surface area contributed by atoms with Crippen LogP contribution in [0.1, 0.15) is 19.4 Å². The molecule has 3 aromatic carbocycles. The zero-order valence-corrected chi connectivity index (χ0v) is 25.6. The fourth-order valence-electron chi connectivity index (χ4n) is 3.76. The van der Waals surface area contributed by atoms with Gasteiger partial charge in [-0.05, 0) is 13.8 Å². The molecule has 0 aliphatic heterocycles. The molecule has 0 saturated heterocycles. The van der Waals surface area contributed by atoms with Crippen molar-refractivity contribution in [2.75, 3.05) is 0 Å². The normalized spacial score (nSPS) is 11.3. The fourth-order valence-corrected chi connectivity index (χ4v) is 6.21. The van der Waals surface area contributed by atoms with E-state index in [-0.39, 0.29) is 31.6 Å². The van der Waals surface area contributed by atoms with Crippen LogP contribution in [0.5, 0.6) is 0 Å². The Labute approximate surface area is 225 Å². The van der Waals surface area contributed by atoms with Crippen molar-refractivity contribution < 1.29 is 30.0 Å². The Hall–Kier alpha value is -2.53. The van der Waals surface area contributed by atoms with Gasteiger partial charge in [0.25, 0.3) is 0 Å². The first-order chi connectivity index (χ1) is 16.0. The molecule has 5 heteroatoms. The molecule has 183 valence electrons. The third-order valence-corrected chi connectivity index (χ3v) is 9.85. The Kier molecular flexibility index (Phi) is 10.2. The maximum atomic E-state index is 10.0. The van der Waals surface area contributed by atoms with E-state index < -0.39 is 13.3 Å². The van der Waals surface area contributed by atoms with Crippen LogP contribution in [0.25, 0.3) is 33.2 Å². The van der Waals surface area contributed by atoms with Gasteiger partial charge in [-0.3, -0.25) is 4.79 Å². The number of fused-ring (bicyclic) bond motifs is 1. The van der Waals surface area contributed by atoms with Crippen molar-refractivity contribution in [3.63, 3.8) is 0 Å². The summed E-state index contributed by atoms with van der Waals surface area (Å²) in [5.74, 6) is 7.22. The van der Waals surface area contributed by atoms with Crippen molar-refractivity contribution in [1.29, 1.82) is 0 Å². The molecule has 4 rings (SSSR count). The van der Waals surface area contributed by atoms with Crippen molar-refractivity contribution >= 4 is 34.2 Å². The second-order valence-electron chi connectivity index (χ2n) is 9.57. The second-order valence-corrected chi connectivity index (χ2v) is 20.2. The van der Waals surface area contributed by atoms with Gasteiger partial charge in [0.05, 0.1) is 5.76 Å². The van der Waals surface area contributed by atoms with Gasteiger partial charge >= 0.3 is 158 Å². The standard InChI is InChI=1S/C25H24GeN.C5H8O2.Ir/c1-18-15-22(16-21-7-5-6-8-24(18)21)25-17-20(13-14-27-25)19-9-11-23(12-10-19)26(2,3)4;1-4(6)3-5(2)7;/h5-15,17H,1-4H3;3,6H,1-2H3;/q-1;;/b;4-3-;. The number of pyridine rings is 1. The number of rotatable bonds is 4. The van der Waals surface area contributed by atoms with Gasteiger partial charge in [-0.1, -0.05) is 6.07 Å². The number of carbonyl (C=O) groups excluding carboxylic acids is 1. The molecule has 0 bridgehead atoms. The van der Waals surface area contributed by atoms with E-state index >= 15 is 0 Å². The second kappa shape index (κ2) is 12.4. The number of aromatic nitrogens is 1. The first kappa shape index (κ1) is 28.7. The average Bonchev–Trinajstić information content (AvgIpc) is 2.78. The number of ketones is 1. The molecular formula is C30H32GeIrNO2-. The smallest absolute Gasteiger partial charge is 0 e. The summed E-state index contributed by atoms with van der Waals surface area (Å²) in [4.78, 5) is 14.6. The minimum Gasteiger partial charge on any atom is 0 e. The molecule has 1 aromatic heterocycles. The van der Waals surface area contributed by atoms with Crippen LogP contribution in [-0.2, 0) is 24.9 Å². The summed E-state index contributed by atoms with van der Waals surface area (Å²) in [6.45, 7) is 5.00. The van der Waals surface area contributed by atoms with E-state index in [9.17, 15) is 4.79 Å². The Morgan fingerprint density at radius 3 is 2.17 bits per heavy atom.